The van der Waals surface area contributed by atoms with Gasteiger partial charge in [-0.3, -0.25) is 4.79 Å². The fourth-order valence-corrected chi connectivity index (χ4v) is 5.69. The van der Waals surface area contributed by atoms with E-state index in [4.69, 9.17) is 11.6 Å². The first-order valence-electron chi connectivity index (χ1n) is 8.02. The standard InChI is InChI=1S/C18H20ClFO/c19-17-14(2-1-3-15(17)20)7-16(21)18-8-11-4-12(9-18)6-13(5-11)10-18/h1-3,11-13H,4-10H2. The van der Waals surface area contributed by atoms with Crippen molar-refractivity contribution in [2.75, 3.05) is 0 Å². The number of hydrogen-bond donors (Lipinski definition) is 0. The van der Waals surface area contributed by atoms with E-state index in [2.05, 4.69) is 0 Å². The van der Waals surface area contributed by atoms with Crippen LogP contribution >= 0.6 is 11.6 Å². The van der Waals surface area contributed by atoms with Crippen molar-refractivity contribution in [2.24, 2.45) is 23.2 Å². The third-order valence-corrected chi connectivity index (χ3v) is 6.44. The van der Waals surface area contributed by atoms with Gasteiger partial charge in [0.15, 0.2) is 0 Å². The summed E-state index contributed by atoms with van der Waals surface area (Å²) >= 11 is 6.02. The number of ketones is 1. The summed E-state index contributed by atoms with van der Waals surface area (Å²) in [5.41, 5.74) is 0.530. The second-order valence-corrected chi connectivity index (χ2v) is 7.89. The van der Waals surface area contributed by atoms with Crippen molar-refractivity contribution in [3.05, 3.63) is 34.6 Å². The van der Waals surface area contributed by atoms with Crippen LogP contribution in [-0.2, 0) is 11.2 Å². The van der Waals surface area contributed by atoms with Crippen LogP contribution in [0.4, 0.5) is 4.39 Å². The van der Waals surface area contributed by atoms with E-state index in [1.54, 1.807) is 12.1 Å². The summed E-state index contributed by atoms with van der Waals surface area (Å²) in [6.45, 7) is 0. The lowest BCUT2D eigenvalue weighted by Crippen LogP contribution is -2.50. The van der Waals surface area contributed by atoms with Crippen LogP contribution in [0.25, 0.3) is 0 Å². The van der Waals surface area contributed by atoms with Gasteiger partial charge in [-0.15, -0.1) is 0 Å². The minimum absolute atomic E-state index is 0.121. The zero-order valence-electron chi connectivity index (χ0n) is 12.1. The van der Waals surface area contributed by atoms with Gasteiger partial charge in [0, 0.05) is 11.8 Å². The van der Waals surface area contributed by atoms with Gasteiger partial charge in [-0.05, 0) is 67.9 Å². The van der Waals surface area contributed by atoms with Crippen LogP contribution in [0.3, 0.4) is 0 Å². The number of benzene rings is 1. The molecule has 21 heavy (non-hydrogen) atoms. The molecule has 4 fully saturated rings. The maximum absolute atomic E-state index is 13.5. The molecule has 0 spiro atoms. The lowest BCUT2D eigenvalue weighted by atomic mass is 9.48. The highest BCUT2D eigenvalue weighted by atomic mass is 35.5. The van der Waals surface area contributed by atoms with E-state index in [-0.39, 0.29) is 10.4 Å². The third kappa shape index (κ3) is 2.23. The van der Waals surface area contributed by atoms with Gasteiger partial charge in [0.25, 0.3) is 0 Å². The second kappa shape index (κ2) is 4.81. The van der Waals surface area contributed by atoms with E-state index in [9.17, 15) is 9.18 Å². The van der Waals surface area contributed by atoms with E-state index in [0.717, 1.165) is 37.0 Å². The zero-order valence-corrected chi connectivity index (χ0v) is 12.8. The van der Waals surface area contributed by atoms with Crippen molar-refractivity contribution in [2.45, 2.75) is 44.9 Å². The van der Waals surface area contributed by atoms with Gasteiger partial charge < -0.3 is 0 Å². The Balaban J connectivity index is 1.59. The van der Waals surface area contributed by atoms with Crippen LogP contribution in [0.15, 0.2) is 18.2 Å². The van der Waals surface area contributed by atoms with Gasteiger partial charge in [-0.1, -0.05) is 23.7 Å². The predicted octanol–water partition coefficient (Wildman–Crippen LogP) is 4.81. The molecule has 1 aromatic carbocycles. The molecule has 0 aliphatic heterocycles. The first kappa shape index (κ1) is 13.8. The molecule has 3 heteroatoms. The van der Waals surface area contributed by atoms with E-state index in [1.165, 1.54) is 25.3 Å². The summed E-state index contributed by atoms with van der Waals surface area (Å²) in [6.07, 6.45) is 7.46. The first-order chi connectivity index (χ1) is 10.1. The van der Waals surface area contributed by atoms with Gasteiger partial charge in [-0.25, -0.2) is 4.39 Å². The summed E-state index contributed by atoms with van der Waals surface area (Å²) in [7, 11) is 0. The Hall–Kier alpha value is -0.890. The maximum atomic E-state index is 13.5. The molecule has 4 bridgehead atoms. The number of hydrogen-bond acceptors (Lipinski definition) is 1. The van der Waals surface area contributed by atoms with Crippen molar-refractivity contribution < 1.29 is 9.18 Å². The monoisotopic (exact) mass is 306 g/mol. The molecule has 1 aromatic rings. The average molecular weight is 307 g/mol. The number of halogens is 2. The van der Waals surface area contributed by atoms with Crippen molar-refractivity contribution >= 4 is 17.4 Å². The topological polar surface area (TPSA) is 17.1 Å². The summed E-state index contributed by atoms with van der Waals surface area (Å²) < 4.78 is 13.5. The Labute approximate surface area is 129 Å². The number of rotatable bonds is 3. The minimum atomic E-state index is -0.424. The summed E-state index contributed by atoms with van der Waals surface area (Å²) in [5.74, 6) is 2.14. The maximum Gasteiger partial charge on any atom is 0.143 e. The second-order valence-electron chi connectivity index (χ2n) is 7.51. The van der Waals surface area contributed by atoms with Gasteiger partial charge in [-0.2, -0.15) is 0 Å². The fraction of sp³-hybridized carbons (Fsp3) is 0.611. The lowest BCUT2D eigenvalue weighted by molar-refractivity contribution is -0.143. The molecule has 0 unspecified atom stereocenters. The molecule has 4 aliphatic carbocycles. The van der Waals surface area contributed by atoms with E-state index < -0.39 is 5.82 Å². The molecule has 0 saturated heterocycles. The molecule has 5 rings (SSSR count). The molecule has 0 radical (unpaired) electrons. The number of Topliss-reactive ketones (excluding diaryl/α,β-unsaturated/α-hetero) is 1. The van der Waals surface area contributed by atoms with Crippen LogP contribution in [0.5, 0.6) is 0 Å². The normalized spacial score (nSPS) is 37.0. The highest BCUT2D eigenvalue weighted by Gasteiger charge is 2.54. The molecule has 0 amide bonds. The predicted molar refractivity (Wildman–Crippen MR) is 80.7 cm³/mol. The summed E-state index contributed by atoms with van der Waals surface area (Å²) in [6, 6.07) is 4.77. The number of carbonyl (C=O) groups is 1. The molecule has 1 nitrogen and oxygen atoms in total. The molecular formula is C18H20ClFO. The Morgan fingerprint density at radius 3 is 2.29 bits per heavy atom. The molecule has 4 saturated carbocycles. The lowest BCUT2D eigenvalue weighted by Gasteiger charge is -2.56. The zero-order chi connectivity index (χ0) is 14.6. The Bertz CT molecular complexity index is 560. The molecule has 0 heterocycles. The van der Waals surface area contributed by atoms with E-state index in [1.807, 2.05) is 0 Å². The van der Waals surface area contributed by atoms with Crippen LogP contribution in [0.2, 0.25) is 5.02 Å². The SMILES string of the molecule is O=C(Cc1cccc(F)c1Cl)C12CC3CC(CC(C3)C1)C2. The quantitative estimate of drug-likeness (QED) is 0.783. The largest absolute Gasteiger partial charge is 0.299 e. The van der Waals surface area contributed by atoms with Gasteiger partial charge >= 0.3 is 0 Å². The van der Waals surface area contributed by atoms with Gasteiger partial charge in [0.2, 0.25) is 0 Å². The molecule has 112 valence electrons. The third-order valence-electron chi connectivity index (χ3n) is 6.01. The van der Waals surface area contributed by atoms with Crippen molar-refractivity contribution in [1.82, 2.24) is 0 Å². The first-order valence-corrected chi connectivity index (χ1v) is 8.40. The van der Waals surface area contributed by atoms with Crippen LogP contribution < -0.4 is 0 Å². The fourth-order valence-electron chi connectivity index (χ4n) is 5.50. The van der Waals surface area contributed by atoms with E-state index in [0.29, 0.717) is 17.8 Å². The van der Waals surface area contributed by atoms with Crippen LogP contribution in [0.1, 0.15) is 44.1 Å². The molecule has 0 N–H and O–H groups in total. The molecular weight excluding hydrogens is 287 g/mol. The number of carbonyl (C=O) groups excluding carboxylic acids is 1. The van der Waals surface area contributed by atoms with Crippen LogP contribution in [-0.4, -0.2) is 5.78 Å². The molecule has 0 atom stereocenters. The van der Waals surface area contributed by atoms with Gasteiger partial charge in [0.05, 0.1) is 5.02 Å². The highest BCUT2D eigenvalue weighted by molar-refractivity contribution is 6.31. The Morgan fingerprint density at radius 2 is 1.71 bits per heavy atom. The van der Waals surface area contributed by atoms with E-state index >= 15 is 0 Å². The minimum Gasteiger partial charge on any atom is -0.299 e. The molecule has 4 aliphatic rings. The van der Waals surface area contributed by atoms with Crippen LogP contribution in [0, 0.1) is 29.0 Å². The van der Waals surface area contributed by atoms with Crippen molar-refractivity contribution in [1.29, 1.82) is 0 Å². The Morgan fingerprint density at radius 1 is 1.14 bits per heavy atom. The molecule has 0 aromatic heterocycles. The Kier molecular flexibility index (Phi) is 3.15. The smallest absolute Gasteiger partial charge is 0.143 e. The summed E-state index contributed by atoms with van der Waals surface area (Å²) in [5, 5.41) is 0.121. The highest BCUT2D eigenvalue weighted by Crippen LogP contribution is 2.60. The van der Waals surface area contributed by atoms with Crippen molar-refractivity contribution in [3.63, 3.8) is 0 Å². The van der Waals surface area contributed by atoms with Gasteiger partial charge in [0.1, 0.15) is 11.6 Å². The average Bonchev–Trinajstić information content (AvgIpc) is 2.42. The summed E-state index contributed by atoms with van der Waals surface area (Å²) in [4.78, 5) is 12.9. The van der Waals surface area contributed by atoms with Crippen molar-refractivity contribution in [3.8, 4) is 0 Å².